The van der Waals surface area contributed by atoms with Crippen LogP contribution in [-0.4, -0.2) is 51.1 Å². The lowest BCUT2D eigenvalue weighted by atomic mass is 9.48. The number of fused-ring (bicyclic) bond motifs is 1. The minimum atomic E-state index is -0.561. The number of nitrogens with zero attached hydrogens (tertiary/aromatic N) is 3. The minimum absolute atomic E-state index is 0.0372. The van der Waals surface area contributed by atoms with Gasteiger partial charge in [0.2, 0.25) is 5.91 Å². The molecule has 4 saturated carbocycles. The molecule has 7 nitrogen and oxygen atoms in total. The van der Waals surface area contributed by atoms with Crippen LogP contribution in [0.15, 0.2) is 36.7 Å². The van der Waals surface area contributed by atoms with E-state index in [-0.39, 0.29) is 17.4 Å². The summed E-state index contributed by atoms with van der Waals surface area (Å²) in [5.74, 6) is 3.22. The highest BCUT2D eigenvalue weighted by atomic mass is 16.3. The molecule has 2 atom stereocenters. The molecular formula is C28H37N5O2. The van der Waals surface area contributed by atoms with E-state index in [0.717, 1.165) is 40.4 Å². The largest absolute Gasteiger partial charge is 0.391 e. The summed E-state index contributed by atoms with van der Waals surface area (Å²) in [5.41, 5.74) is 9.36. The highest BCUT2D eigenvalue weighted by Gasteiger charge is 2.53. The zero-order chi connectivity index (χ0) is 24.0. The number of benzene rings is 1. The van der Waals surface area contributed by atoms with E-state index >= 15 is 0 Å². The standard InChI is InChI=1S/C28H37N5O2/c29-23(11-18-4-2-1-3-5-18)27(35)33-7-6-22-24(16-33)31-17-32-26(22)30-15-25(34)28-12-19-8-20(13-28)10-21(9-19)14-28/h1-5,17,19-21,23,25,34H,6-16,29H2,(H,30,31,32)/t19?,20?,21?,23-,25?,28?/m1/s1. The van der Waals surface area contributed by atoms with Crippen LogP contribution >= 0.6 is 0 Å². The van der Waals surface area contributed by atoms with Gasteiger partial charge >= 0.3 is 0 Å². The number of aliphatic hydroxyl groups excluding tert-OH is 1. The lowest BCUT2D eigenvalue weighted by Gasteiger charge is -2.58. The summed E-state index contributed by atoms with van der Waals surface area (Å²) in [5, 5.41) is 14.8. The molecule has 7 rings (SSSR count). The average Bonchev–Trinajstić information content (AvgIpc) is 2.86. The fourth-order valence-electron chi connectivity index (χ4n) is 7.88. The summed E-state index contributed by atoms with van der Waals surface area (Å²) >= 11 is 0. The number of hydrogen-bond donors (Lipinski definition) is 3. The molecule has 1 aliphatic heterocycles. The highest BCUT2D eigenvalue weighted by Crippen LogP contribution is 2.61. The van der Waals surface area contributed by atoms with Crippen molar-refractivity contribution in [1.29, 1.82) is 0 Å². The Morgan fingerprint density at radius 3 is 2.49 bits per heavy atom. The van der Waals surface area contributed by atoms with Gasteiger partial charge in [0, 0.05) is 18.7 Å². The molecule has 7 heteroatoms. The molecule has 4 aliphatic carbocycles. The second kappa shape index (κ2) is 9.17. The maximum atomic E-state index is 13.0. The number of hydrogen-bond acceptors (Lipinski definition) is 6. The molecule has 0 radical (unpaired) electrons. The molecular weight excluding hydrogens is 438 g/mol. The van der Waals surface area contributed by atoms with Gasteiger partial charge in [0.15, 0.2) is 0 Å². The number of rotatable bonds is 7. The molecule has 1 amide bonds. The van der Waals surface area contributed by atoms with Crippen molar-refractivity contribution in [1.82, 2.24) is 14.9 Å². The third-order valence-corrected chi connectivity index (χ3v) is 9.19. The van der Waals surface area contributed by atoms with Crippen LogP contribution in [-0.2, 0) is 24.2 Å². The van der Waals surface area contributed by atoms with Gasteiger partial charge in [-0.2, -0.15) is 0 Å². The first kappa shape index (κ1) is 22.9. The quantitative estimate of drug-likeness (QED) is 0.569. The van der Waals surface area contributed by atoms with E-state index in [1.807, 2.05) is 35.2 Å². The third-order valence-electron chi connectivity index (χ3n) is 9.19. The van der Waals surface area contributed by atoms with Crippen LogP contribution in [0.2, 0.25) is 0 Å². The number of nitrogens with one attached hydrogen (secondary N) is 1. The molecule has 4 fully saturated rings. The summed E-state index contributed by atoms with van der Waals surface area (Å²) < 4.78 is 0. The minimum Gasteiger partial charge on any atom is -0.391 e. The lowest BCUT2D eigenvalue weighted by Crippen LogP contribution is -2.53. The van der Waals surface area contributed by atoms with Crippen LogP contribution in [0, 0.1) is 23.2 Å². The number of amides is 1. The predicted molar refractivity (Wildman–Crippen MR) is 134 cm³/mol. The van der Waals surface area contributed by atoms with E-state index in [4.69, 9.17) is 5.73 Å². The van der Waals surface area contributed by atoms with Crippen molar-refractivity contribution in [2.24, 2.45) is 28.9 Å². The van der Waals surface area contributed by atoms with Gasteiger partial charge < -0.3 is 21.1 Å². The van der Waals surface area contributed by atoms with Gasteiger partial charge in [-0.15, -0.1) is 0 Å². The zero-order valence-corrected chi connectivity index (χ0v) is 20.4. The Kier molecular flexibility index (Phi) is 6.01. The maximum Gasteiger partial charge on any atom is 0.240 e. The van der Waals surface area contributed by atoms with Crippen LogP contribution in [0.5, 0.6) is 0 Å². The SMILES string of the molecule is N[C@H](Cc1ccccc1)C(=O)N1CCc2c(ncnc2NCC(O)C23CC4CC(CC(C4)C2)C3)C1. The number of aromatic nitrogens is 2. The van der Waals surface area contributed by atoms with Gasteiger partial charge in [-0.05, 0) is 80.1 Å². The summed E-state index contributed by atoms with van der Waals surface area (Å²) in [6, 6.07) is 9.34. The number of nitrogens with two attached hydrogens (primary N) is 1. The van der Waals surface area contributed by atoms with Crippen LogP contribution in [0.3, 0.4) is 0 Å². The van der Waals surface area contributed by atoms with Crippen LogP contribution < -0.4 is 11.1 Å². The Bertz CT molecular complexity index is 1040. The number of aliphatic hydroxyl groups is 1. The van der Waals surface area contributed by atoms with Gasteiger partial charge in [0.05, 0.1) is 24.4 Å². The molecule has 2 heterocycles. The fourth-order valence-corrected chi connectivity index (χ4v) is 7.88. The number of carbonyl (C=O) groups excluding carboxylic acids is 1. The van der Waals surface area contributed by atoms with Crippen molar-refractivity contribution in [2.45, 2.75) is 70.1 Å². The Morgan fingerprint density at radius 1 is 1.11 bits per heavy atom. The Hall–Kier alpha value is -2.51. The summed E-state index contributed by atoms with van der Waals surface area (Å²) in [6.07, 6.45) is 10.1. The van der Waals surface area contributed by atoms with Crippen molar-refractivity contribution in [3.63, 3.8) is 0 Å². The van der Waals surface area contributed by atoms with Gasteiger partial charge in [-0.3, -0.25) is 4.79 Å². The molecule has 5 aliphatic rings. The van der Waals surface area contributed by atoms with Gasteiger partial charge in [0.25, 0.3) is 0 Å². The molecule has 186 valence electrons. The Morgan fingerprint density at radius 2 is 1.80 bits per heavy atom. The first-order valence-corrected chi connectivity index (χ1v) is 13.3. The van der Waals surface area contributed by atoms with Crippen molar-refractivity contribution >= 4 is 11.7 Å². The first-order valence-electron chi connectivity index (χ1n) is 13.3. The smallest absolute Gasteiger partial charge is 0.240 e. The average molecular weight is 476 g/mol. The van der Waals surface area contributed by atoms with Crippen molar-refractivity contribution in [2.75, 3.05) is 18.4 Å². The molecule has 4 bridgehead atoms. The Balaban J connectivity index is 1.09. The van der Waals surface area contributed by atoms with E-state index in [0.29, 0.717) is 32.5 Å². The van der Waals surface area contributed by atoms with Crippen LogP contribution in [0.25, 0.3) is 0 Å². The van der Waals surface area contributed by atoms with E-state index < -0.39 is 6.04 Å². The normalized spacial score (nSPS) is 30.6. The van der Waals surface area contributed by atoms with Crippen molar-refractivity contribution in [3.8, 4) is 0 Å². The van der Waals surface area contributed by atoms with Crippen LogP contribution in [0.1, 0.15) is 55.3 Å². The Labute approximate surface area is 207 Å². The molecule has 4 N–H and O–H groups in total. The molecule has 0 spiro atoms. The summed E-state index contributed by atoms with van der Waals surface area (Å²) in [7, 11) is 0. The maximum absolute atomic E-state index is 13.0. The number of anilines is 1. The summed E-state index contributed by atoms with van der Waals surface area (Å²) in [4.78, 5) is 23.8. The van der Waals surface area contributed by atoms with Gasteiger partial charge in [-0.1, -0.05) is 30.3 Å². The molecule has 2 aromatic rings. The molecule has 1 aromatic heterocycles. The number of carbonyl (C=O) groups is 1. The molecule has 1 aromatic carbocycles. The predicted octanol–water partition coefficient (Wildman–Crippen LogP) is 2.92. The highest BCUT2D eigenvalue weighted by molar-refractivity contribution is 5.82. The fraction of sp³-hybridized carbons (Fsp3) is 0.607. The second-order valence-corrected chi connectivity index (χ2v) is 11.6. The van der Waals surface area contributed by atoms with E-state index in [1.165, 1.54) is 38.5 Å². The molecule has 1 unspecified atom stereocenters. The van der Waals surface area contributed by atoms with Crippen LogP contribution in [0.4, 0.5) is 5.82 Å². The van der Waals surface area contributed by atoms with E-state index in [2.05, 4.69) is 15.3 Å². The summed E-state index contributed by atoms with van der Waals surface area (Å²) in [6.45, 7) is 1.58. The van der Waals surface area contributed by atoms with E-state index in [9.17, 15) is 9.90 Å². The van der Waals surface area contributed by atoms with Gasteiger partial charge in [0.1, 0.15) is 12.1 Å². The van der Waals surface area contributed by atoms with Gasteiger partial charge in [-0.25, -0.2) is 9.97 Å². The third kappa shape index (κ3) is 4.45. The lowest BCUT2D eigenvalue weighted by molar-refractivity contribution is -0.133. The second-order valence-electron chi connectivity index (χ2n) is 11.6. The molecule has 35 heavy (non-hydrogen) atoms. The monoisotopic (exact) mass is 475 g/mol. The van der Waals surface area contributed by atoms with Crippen molar-refractivity contribution < 1.29 is 9.90 Å². The van der Waals surface area contributed by atoms with E-state index in [1.54, 1.807) is 6.33 Å². The molecule has 0 saturated heterocycles. The first-order chi connectivity index (χ1) is 17.0. The topological polar surface area (TPSA) is 104 Å². The van der Waals surface area contributed by atoms with Crippen molar-refractivity contribution in [3.05, 3.63) is 53.5 Å². The zero-order valence-electron chi connectivity index (χ0n) is 20.4.